The van der Waals surface area contributed by atoms with Gasteiger partial charge in [0.05, 0.1) is 6.26 Å². The van der Waals surface area contributed by atoms with E-state index >= 15 is 0 Å². The number of aromatic nitrogens is 1. The minimum Gasteiger partial charge on any atom is -0.350 e. The zero-order valence-electron chi connectivity index (χ0n) is 11.1. The second-order valence-corrected chi connectivity index (χ2v) is 6.92. The van der Waals surface area contributed by atoms with Gasteiger partial charge in [0.25, 0.3) is 5.91 Å². The van der Waals surface area contributed by atoms with E-state index in [0.29, 0.717) is 13.1 Å². The first-order valence-electron chi connectivity index (χ1n) is 6.07. The van der Waals surface area contributed by atoms with Gasteiger partial charge in [-0.1, -0.05) is 0 Å². The van der Waals surface area contributed by atoms with Crippen LogP contribution >= 0.6 is 0 Å². The van der Waals surface area contributed by atoms with Crippen molar-refractivity contribution in [3.8, 4) is 0 Å². The number of sulfonamides is 1. The normalized spacial score (nSPS) is 17.5. The highest BCUT2D eigenvalue weighted by Gasteiger charge is 2.34. The molecule has 1 aromatic rings. The third-order valence-corrected chi connectivity index (χ3v) is 4.42. The largest absolute Gasteiger partial charge is 0.431 e. The number of aromatic amines is 1. The Kier molecular flexibility index (Phi) is 4.02. The van der Waals surface area contributed by atoms with Gasteiger partial charge >= 0.3 is 6.18 Å². The molecule has 1 fully saturated rings. The van der Waals surface area contributed by atoms with Crippen LogP contribution < -0.4 is 5.32 Å². The topological polar surface area (TPSA) is 82.3 Å². The number of nitrogens with zero attached hydrogens (tertiary/aromatic N) is 1. The molecule has 0 aromatic carbocycles. The highest BCUT2D eigenvalue weighted by atomic mass is 32.2. The number of alkyl halides is 3. The number of H-pyrrole nitrogens is 1. The van der Waals surface area contributed by atoms with Crippen LogP contribution in [0.5, 0.6) is 0 Å². The molecule has 2 N–H and O–H groups in total. The Morgan fingerprint density at radius 3 is 2.52 bits per heavy atom. The number of hydrogen-bond acceptors (Lipinski definition) is 3. The smallest absolute Gasteiger partial charge is 0.350 e. The fourth-order valence-corrected chi connectivity index (χ4v) is 2.91. The molecule has 2 rings (SSSR count). The van der Waals surface area contributed by atoms with Gasteiger partial charge in [-0.15, -0.1) is 0 Å². The van der Waals surface area contributed by atoms with Crippen molar-refractivity contribution < 1.29 is 26.4 Å². The van der Waals surface area contributed by atoms with Gasteiger partial charge in [-0.2, -0.15) is 13.2 Å². The summed E-state index contributed by atoms with van der Waals surface area (Å²) < 4.78 is 60.7. The standard InChI is InChI=1S/C11H14F3N3O3S/c1-21(19,20)17-5-7(6-17)4-15-10(18)8-2-3-9(16-8)11(12,13)14/h2-3,7,16H,4-6H2,1H3,(H,15,18). The SMILES string of the molecule is CS(=O)(=O)N1CC(CNC(=O)c2ccc(C(F)(F)F)[nH]2)C1. The average Bonchev–Trinajstić information content (AvgIpc) is 2.73. The molecule has 1 aliphatic heterocycles. The van der Waals surface area contributed by atoms with Crippen molar-refractivity contribution >= 4 is 15.9 Å². The monoisotopic (exact) mass is 325 g/mol. The summed E-state index contributed by atoms with van der Waals surface area (Å²) in [4.78, 5) is 13.7. The lowest BCUT2D eigenvalue weighted by molar-refractivity contribution is -0.140. The Bertz CT molecular complexity index is 633. The first-order chi connectivity index (χ1) is 9.57. The lowest BCUT2D eigenvalue weighted by atomic mass is 10.0. The van der Waals surface area contributed by atoms with Crippen LogP contribution in [0.1, 0.15) is 16.2 Å². The average molecular weight is 325 g/mol. The summed E-state index contributed by atoms with van der Waals surface area (Å²) in [5.41, 5.74) is -1.17. The van der Waals surface area contributed by atoms with Gasteiger partial charge in [0.2, 0.25) is 10.0 Å². The van der Waals surface area contributed by atoms with Crippen LogP contribution in [0.3, 0.4) is 0 Å². The molecule has 0 spiro atoms. The summed E-state index contributed by atoms with van der Waals surface area (Å²) in [5.74, 6) is -0.677. The van der Waals surface area contributed by atoms with E-state index in [-0.39, 0.29) is 18.2 Å². The molecule has 0 saturated carbocycles. The highest BCUT2D eigenvalue weighted by Crippen LogP contribution is 2.28. The van der Waals surface area contributed by atoms with Crippen molar-refractivity contribution in [2.45, 2.75) is 6.18 Å². The second kappa shape index (κ2) is 5.34. The summed E-state index contributed by atoms with van der Waals surface area (Å²) in [6.07, 6.45) is -3.43. The van der Waals surface area contributed by atoms with Crippen molar-refractivity contribution in [3.63, 3.8) is 0 Å². The van der Waals surface area contributed by atoms with Crippen molar-refractivity contribution in [3.05, 3.63) is 23.5 Å². The number of nitrogens with one attached hydrogen (secondary N) is 2. The number of amides is 1. The van der Waals surface area contributed by atoms with Gasteiger partial charge in [-0.3, -0.25) is 4.79 Å². The predicted molar refractivity (Wildman–Crippen MR) is 68.0 cm³/mol. The Morgan fingerprint density at radius 2 is 2.05 bits per heavy atom. The van der Waals surface area contributed by atoms with Gasteiger partial charge in [0, 0.05) is 25.6 Å². The maximum Gasteiger partial charge on any atom is 0.431 e. The Labute approximate surface area is 119 Å². The molecule has 1 amide bonds. The van der Waals surface area contributed by atoms with Crippen LogP contribution in [0.4, 0.5) is 13.2 Å². The van der Waals surface area contributed by atoms with Crippen LogP contribution in [0, 0.1) is 5.92 Å². The summed E-state index contributed by atoms with van der Waals surface area (Å²) >= 11 is 0. The van der Waals surface area contributed by atoms with Crippen molar-refractivity contribution in [1.82, 2.24) is 14.6 Å². The number of carbonyl (C=O) groups is 1. The fraction of sp³-hybridized carbons (Fsp3) is 0.545. The molecule has 0 unspecified atom stereocenters. The molecule has 118 valence electrons. The third-order valence-electron chi connectivity index (χ3n) is 3.18. The summed E-state index contributed by atoms with van der Waals surface area (Å²) in [6.45, 7) is 0.820. The second-order valence-electron chi connectivity index (χ2n) is 4.94. The lowest BCUT2D eigenvalue weighted by Gasteiger charge is -2.37. The number of rotatable bonds is 4. The maximum absolute atomic E-state index is 12.4. The Hall–Kier alpha value is -1.55. The van der Waals surface area contributed by atoms with Crippen LogP contribution in [0.15, 0.2) is 12.1 Å². The summed E-state index contributed by atoms with van der Waals surface area (Å²) in [7, 11) is -3.21. The highest BCUT2D eigenvalue weighted by molar-refractivity contribution is 7.88. The van der Waals surface area contributed by atoms with Gasteiger partial charge in [0.1, 0.15) is 11.4 Å². The molecule has 0 aliphatic carbocycles. The van der Waals surface area contributed by atoms with E-state index in [0.717, 1.165) is 18.4 Å². The van der Waals surface area contributed by atoms with Crippen LogP contribution in [-0.2, 0) is 16.2 Å². The molecule has 0 atom stereocenters. The molecular weight excluding hydrogens is 311 g/mol. The lowest BCUT2D eigenvalue weighted by Crippen LogP contribution is -2.53. The number of carbonyl (C=O) groups excluding carboxylic acids is 1. The van der Waals surface area contributed by atoms with Crippen molar-refractivity contribution in [2.75, 3.05) is 25.9 Å². The van der Waals surface area contributed by atoms with E-state index in [2.05, 4.69) is 5.32 Å². The zero-order valence-corrected chi connectivity index (χ0v) is 11.9. The molecule has 1 aromatic heterocycles. The molecule has 1 aliphatic rings. The van der Waals surface area contributed by atoms with E-state index in [9.17, 15) is 26.4 Å². The molecular formula is C11H14F3N3O3S. The minimum atomic E-state index is -4.53. The predicted octanol–water partition coefficient (Wildman–Crippen LogP) is 0.655. The first kappa shape index (κ1) is 15.8. The van der Waals surface area contributed by atoms with E-state index in [1.54, 1.807) is 0 Å². The molecule has 1 saturated heterocycles. The van der Waals surface area contributed by atoms with E-state index in [1.165, 1.54) is 4.31 Å². The molecule has 0 bridgehead atoms. The minimum absolute atomic E-state index is 0.0271. The fourth-order valence-electron chi connectivity index (χ4n) is 1.95. The van der Waals surface area contributed by atoms with Crippen molar-refractivity contribution in [1.29, 1.82) is 0 Å². The van der Waals surface area contributed by atoms with Gasteiger partial charge in [-0.25, -0.2) is 12.7 Å². The molecule has 10 heteroatoms. The molecule has 2 heterocycles. The summed E-state index contributed by atoms with van der Waals surface area (Å²) in [5, 5.41) is 2.48. The first-order valence-corrected chi connectivity index (χ1v) is 7.91. The van der Waals surface area contributed by atoms with Crippen LogP contribution in [0.2, 0.25) is 0 Å². The third kappa shape index (κ3) is 3.76. The van der Waals surface area contributed by atoms with Crippen LogP contribution in [0.25, 0.3) is 0 Å². The van der Waals surface area contributed by atoms with Gasteiger partial charge < -0.3 is 10.3 Å². The van der Waals surface area contributed by atoms with Crippen molar-refractivity contribution in [2.24, 2.45) is 5.92 Å². The summed E-state index contributed by atoms with van der Waals surface area (Å²) in [6, 6.07) is 1.85. The van der Waals surface area contributed by atoms with Crippen LogP contribution in [-0.4, -0.2) is 49.5 Å². The van der Waals surface area contributed by atoms with E-state index in [1.807, 2.05) is 4.98 Å². The number of hydrogen-bond donors (Lipinski definition) is 2. The molecule has 6 nitrogen and oxygen atoms in total. The molecule has 0 radical (unpaired) electrons. The quantitative estimate of drug-likeness (QED) is 0.853. The van der Waals surface area contributed by atoms with E-state index < -0.39 is 27.8 Å². The zero-order chi connectivity index (χ0) is 15.8. The Balaban J connectivity index is 1.83. The van der Waals surface area contributed by atoms with Gasteiger partial charge in [-0.05, 0) is 12.1 Å². The van der Waals surface area contributed by atoms with Gasteiger partial charge in [0.15, 0.2) is 0 Å². The maximum atomic E-state index is 12.4. The molecule has 21 heavy (non-hydrogen) atoms. The van der Waals surface area contributed by atoms with E-state index in [4.69, 9.17) is 0 Å². The Morgan fingerprint density at radius 1 is 1.43 bits per heavy atom. The number of halogens is 3.